The van der Waals surface area contributed by atoms with Crippen molar-refractivity contribution in [2.45, 2.75) is 18.7 Å². The fraction of sp³-hybridized carbons (Fsp3) is 0.235. The lowest BCUT2D eigenvalue weighted by molar-refractivity contribution is -0.580. The van der Waals surface area contributed by atoms with Crippen molar-refractivity contribution in [2.24, 2.45) is 7.05 Å². The third-order valence-corrected chi connectivity index (χ3v) is 6.39. The van der Waals surface area contributed by atoms with Crippen LogP contribution in [0, 0.1) is 12.1 Å². The predicted octanol–water partition coefficient (Wildman–Crippen LogP) is 1.60. The molecule has 29 heavy (non-hydrogen) atoms. The third-order valence-electron chi connectivity index (χ3n) is 4.45. The van der Waals surface area contributed by atoms with E-state index in [1.165, 1.54) is 33.9 Å². The summed E-state index contributed by atoms with van der Waals surface area (Å²) in [4.78, 5) is 12.8. The second kappa shape index (κ2) is 6.78. The van der Waals surface area contributed by atoms with Gasteiger partial charge in [0.05, 0.1) is 23.9 Å². The smallest absolute Gasteiger partial charge is 0.312 e. The monoisotopic (exact) mass is 433 g/mol. The molecule has 0 saturated heterocycles. The molecule has 0 aromatic carbocycles. The maximum absolute atomic E-state index is 12.7. The van der Waals surface area contributed by atoms with Gasteiger partial charge in [0.25, 0.3) is 0 Å². The van der Waals surface area contributed by atoms with Gasteiger partial charge in [-0.15, -0.1) is 5.10 Å². The van der Waals surface area contributed by atoms with Gasteiger partial charge in [0.1, 0.15) is 6.33 Å². The summed E-state index contributed by atoms with van der Waals surface area (Å²) < 4.78 is 28.9. The third kappa shape index (κ3) is 3.21. The summed E-state index contributed by atoms with van der Waals surface area (Å²) in [5, 5.41) is 16.4. The Kier molecular flexibility index (Phi) is 4.50. The average Bonchev–Trinajstić information content (AvgIpc) is 3.24. The molecule has 0 atom stereocenters. The molecule has 4 rings (SSSR count). The van der Waals surface area contributed by atoms with Gasteiger partial charge < -0.3 is 5.21 Å². The number of pyridine rings is 2. The molecule has 0 saturated carbocycles. The van der Waals surface area contributed by atoms with E-state index in [-0.39, 0.29) is 27.5 Å². The van der Waals surface area contributed by atoms with Crippen LogP contribution in [0.4, 0.5) is 0 Å². The van der Waals surface area contributed by atoms with Crippen LogP contribution >= 0.6 is 11.6 Å². The van der Waals surface area contributed by atoms with E-state index in [4.69, 9.17) is 11.6 Å². The van der Waals surface area contributed by atoms with Gasteiger partial charge in [-0.1, -0.05) is 6.92 Å². The molecule has 0 radical (unpaired) electrons. The van der Waals surface area contributed by atoms with E-state index in [1.54, 1.807) is 27.0 Å². The highest BCUT2D eigenvalue weighted by Gasteiger charge is 2.28. The van der Waals surface area contributed by atoms with Crippen molar-refractivity contribution >= 4 is 32.6 Å². The number of rotatable bonds is 4. The van der Waals surface area contributed by atoms with Gasteiger partial charge in [-0.2, -0.15) is 4.98 Å². The zero-order valence-electron chi connectivity index (χ0n) is 15.7. The Bertz CT molecular complexity index is 1360. The van der Waals surface area contributed by atoms with Crippen molar-refractivity contribution in [2.75, 3.05) is 5.75 Å². The van der Waals surface area contributed by atoms with Crippen molar-refractivity contribution in [1.29, 1.82) is 0 Å². The number of hydrogen-bond acceptors (Lipinski definition) is 7. The minimum absolute atomic E-state index is 0.0162. The first-order valence-electron chi connectivity index (χ1n) is 8.59. The van der Waals surface area contributed by atoms with E-state index in [0.29, 0.717) is 21.7 Å². The van der Waals surface area contributed by atoms with Gasteiger partial charge in [0.2, 0.25) is 11.1 Å². The molecule has 4 heterocycles. The predicted molar refractivity (Wildman–Crippen MR) is 105 cm³/mol. The van der Waals surface area contributed by atoms with E-state index < -0.39 is 9.84 Å². The highest BCUT2D eigenvalue weighted by Crippen LogP contribution is 2.29. The van der Waals surface area contributed by atoms with Gasteiger partial charge in [-0.3, -0.25) is 0 Å². The summed E-state index contributed by atoms with van der Waals surface area (Å²) in [5.74, 6) is 0.448. The zero-order chi connectivity index (χ0) is 20.9. The number of sulfone groups is 1. The Morgan fingerprint density at radius 2 is 2.03 bits per heavy atom. The van der Waals surface area contributed by atoms with Crippen LogP contribution in [0.1, 0.15) is 12.5 Å². The number of nitrogens with zero attached hydrogens (tertiary/aromatic N) is 7. The van der Waals surface area contributed by atoms with Crippen LogP contribution in [0.15, 0.2) is 35.6 Å². The Hall–Kier alpha value is -3.05. The number of hydrogen-bond donors (Lipinski definition) is 0. The maximum atomic E-state index is 12.7. The van der Waals surface area contributed by atoms with Crippen LogP contribution in [-0.4, -0.2) is 43.5 Å². The quantitative estimate of drug-likeness (QED) is 0.353. The molecular weight excluding hydrogens is 418 g/mol. The lowest BCUT2D eigenvalue weighted by atomic mass is 10.3. The molecule has 0 fully saturated rings. The van der Waals surface area contributed by atoms with Crippen LogP contribution in [-0.2, 0) is 16.9 Å². The van der Waals surface area contributed by atoms with Crippen molar-refractivity contribution in [1.82, 2.24) is 29.3 Å². The molecule has 0 bridgehead atoms. The second-order valence-corrected chi connectivity index (χ2v) is 9.01. The van der Waals surface area contributed by atoms with E-state index >= 15 is 0 Å². The Morgan fingerprint density at radius 3 is 2.69 bits per heavy atom. The van der Waals surface area contributed by atoms with E-state index in [9.17, 15) is 13.6 Å². The normalized spacial score (nSPS) is 12.0. The number of fused-ring (bicyclic) bond motifs is 1. The Balaban J connectivity index is 2.04. The number of aromatic nitrogens is 7. The topological polar surface area (TPSA) is 122 Å². The molecule has 4 aromatic heterocycles. The molecular formula is C17H16ClN7O3S. The SMILES string of the molecule is CCS(=O)(=O)c1ccc(-n2cnc(Cl)n2)nc1-c1nc2cc(C)c[n+]([O-])c2n1C. The minimum atomic E-state index is -3.62. The van der Waals surface area contributed by atoms with Crippen LogP contribution in [0.25, 0.3) is 28.5 Å². The standard InChI is InChI=1S/C17H16ClN7O3S/c1-4-29(27,28)12-5-6-13(24-9-19-17(18)22-24)21-14(12)15-20-11-7-10(2)8-25(26)16(11)23(15)3/h5-9H,4H2,1-3H3. The molecule has 0 aliphatic heterocycles. The molecule has 0 amide bonds. The molecule has 0 aliphatic carbocycles. The lowest BCUT2D eigenvalue weighted by Gasteiger charge is -2.09. The van der Waals surface area contributed by atoms with Crippen molar-refractivity contribution < 1.29 is 13.1 Å². The summed E-state index contributed by atoms with van der Waals surface area (Å²) in [6.45, 7) is 3.33. The molecule has 10 nitrogen and oxygen atoms in total. The average molecular weight is 434 g/mol. The second-order valence-electron chi connectivity index (χ2n) is 6.42. The van der Waals surface area contributed by atoms with E-state index in [2.05, 4.69) is 20.1 Å². The molecule has 0 aliphatic rings. The molecule has 0 N–H and O–H groups in total. The number of aryl methyl sites for hydroxylation is 2. The number of halogens is 1. The van der Waals surface area contributed by atoms with Crippen LogP contribution in [0.5, 0.6) is 0 Å². The van der Waals surface area contributed by atoms with Crippen molar-refractivity contribution in [3.8, 4) is 17.3 Å². The van der Waals surface area contributed by atoms with E-state index in [0.717, 1.165) is 5.56 Å². The Labute approximate surface area is 170 Å². The fourth-order valence-corrected chi connectivity index (χ4v) is 4.21. The van der Waals surface area contributed by atoms with Gasteiger partial charge in [0.15, 0.2) is 26.9 Å². The van der Waals surface area contributed by atoms with Gasteiger partial charge in [-0.25, -0.2) is 32.4 Å². The molecule has 0 spiro atoms. The fourth-order valence-electron chi connectivity index (χ4n) is 3.06. The minimum Gasteiger partial charge on any atom is -0.711 e. The Morgan fingerprint density at radius 1 is 1.28 bits per heavy atom. The van der Waals surface area contributed by atoms with Crippen LogP contribution in [0.2, 0.25) is 5.28 Å². The first kappa shape index (κ1) is 19.3. The molecule has 12 heteroatoms. The first-order valence-corrected chi connectivity index (χ1v) is 10.6. The number of imidazole rings is 1. The lowest BCUT2D eigenvalue weighted by Crippen LogP contribution is -2.28. The maximum Gasteiger partial charge on any atom is 0.312 e. The van der Waals surface area contributed by atoms with Gasteiger partial charge >= 0.3 is 5.65 Å². The van der Waals surface area contributed by atoms with Crippen molar-refractivity contribution in [3.63, 3.8) is 0 Å². The largest absolute Gasteiger partial charge is 0.711 e. The zero-order valence-corrected chi connectivity index (χ0v) is 17.3. The first-order chi connectivity index (χ1) is 13.7. The van der Waals surface area contributed by atoms with Crippen LogP contribution in [0.3, 0.4) is 0 Å². The highest BCUT2D eigenvalue weighted by molar-refractivity contribution is 7.91. The van der Waals surface area contributed by atoms with Gasteiger partial charge in [-0.05, 0) is 42.3 Å². The highest BCUT2D eigenvalue weighted by atomic mass is 35.5. The molecule has 4 aromatic rings. The van der Waals surface area contributed by atoms with Gasteiger partial charge in [0, 0.05) is 0 Å². The summed E-state index contributed by atoms with van der Waals surface area (Å²) >= 11 is 5.78. The summed E-state index contributed by atoms with van der Waals surface area (Å²) in [6.07, 6.45) is 2.80. The van der Waals surface area contributed by atoms with Crippen molar-refractivity contribution in [3.05, 3.63) is 46.8 Å². The van der Waals surface area contributed by atoms with Crippen LogP contribution < -0.4 is 4.73 Å². The molecule has 150 valence electrons. The summed E-state index contributed by atoms with van der Waals surface area (Å²) in [5.41, 5.74) is 1.58. The van der Waals surface area contributed by atoms with E-state index in [1.807, 2.05) is 0 Å². The summed E-state index contributed by atoms with van der Waals surface area (Å²) in [7, 11) is -1.98. The summed E-state index contributed by atoms with van der Waals surface area (Å²) in [6, 6.07) is 4.71. The molecule has 0 unspecified atom stereocenters.